The largest absolute Gasteiger partial charge is 0.481 e. The van der Waals surface area contributed by atoms with Crippen molar-refractivity contribution in [3.05, 3.63) is 0 Å². The van der Waals surface area contributed by atoms with Gasteiger partial charge in [-0.25, -0.2) is 4.79 Å². The van der Waals surface area contributed by atoms with Crippen LogP contribution < -0.4 is 81.8 Å². The van der Waals surface area contributed by atoms with E-state index in [1.54, 1.807) is 13.8 Å². The van der Waals surface area contributed by atoms with Gasteiger partial charge in [-0.15, -0.1) is 0 Å². The second-order valence-corrected chi connectivity index (χ2v) is 23.3. The number of thioether (sulfide) groups is 1. The summed E-state index contributed by atoms with van der Waals surface area (Å²) < 4.78 is 11.1. The summed E-state index contributed by atoms with van der Waals surface area (Å²) in [6.45, 7) is 7.63. The minimum atomic E-state index is -1.56. The van der Waals surface area contributed by atoms with Crippen molar-refractivity contribution in [2.75, 3.05) is 71.4 Å². The average Bonchev–Trinajstić information content (AvgIpc) is 2.12. The summed E-state index contributed by atoms with van der Waals surface area (Å²) in [5, 5.41) is 37.1. The molecule has 0 aromatic carbocycles. The number of carboxylic acids is 1. The number of rotatable bonds is 43. The Balaban J connectivity index is 1.60. The lowest BCUT2D eigenvalue weighted by Gasteiger charge is -2.31. The molecule has 0 bridgehead atoms. The zero-order valence-corrected chi connectivity index (χ0v) is 51.4. The van der Waals surface area contributed by atoms with E-state index in [-0.39, 0.29) is 146 Å². The van der Waals surface area contributed by atoms with Gasteiger partial charge < -0.3 is 101 Å². The lowest BCUT2D eigenvalue weighted by molar-refractivity contribution is -0.143. The first-order valence-corrected chi connectivity index (χ1v) is 31.0. The van der Waals surface area contributed by atoms with Crippen molar-refractivity contribution in [1.82, 2.24) is 58.1 Å². The maximum Gasteiger partial charge on any atom is 0.315 e. The fourth-order valence-electron chi connectivity index (χ4n) is 9.95. The number of nitrogens with zero attached hydrogens (tertiary/aromatic N) is 3. The van der Waals surface area contributed by atoms with Crippen molar-refractivity contribution in [3.63, 3.8) is 0 Å². The van der Waals surface area contributed by atoms with Gasteiger partial charge in [0, 0.05) is 57.1 Å². The van der Waals surface area contributed by atoms with Crippen molar-refractivity contribution in [2.45, 2.75) is 184 Å². The van der Waals surface area contributed by atoms with Crippen molar-refractivity contribution in [3.8, 4) is 0 Å². The first kappa shape index (κ1) is 74.0. The molecule has 3 aliphatic rings. The van der Waals surface area contributed by atoms with Gasteiger partial charge in [0.2, 0.25) is 53.2 Å². The summed E-state index contributed by atoms with van der Waals surface area (Å²) in [5.74, 6) is -6.90. The third-order valence-electron chi connectivity index (χ3n) is 14.3. The Morgan fingerprint density at radius 2 is 1.25 bits per heavy atom. The molecule has 32 nitrogen and oxygen atoms in total. The second kappa shape index (κ2) is 40.2. The lowest BCUT2D eigenvalue weighted by Crippen LogP contribution is -2.60. The third kappa shape index (κ3) is 28.9. The number of aliphatic carboxylic acids is 1. The maximum atomic E-state index is 14.6. The van der Waals surface area contributed by atoms with Crippen LogP contribution in [-0.4, -0.2) is 218 Å². The van der Waals surface area contributed by atoms with Gasteiger partial charge in [-0.3, -0.25) is 57.9 Å². The highest BCUT2D eigenvalue weighted by Gasteiger charge is 2.43. The zero-order chi connectivity index (χ0) is 64.4. The number of carbonyl (C=O) groups excluding carboxylic acids is 10. The molecule has 3 rings (SSSR count). The van der Waals surface area contributed by atoms with Gasteiger partial charge in [-0.05, 0) is 96.4 Å². The van der Waals surface area contributed by atoms with E-state index >= 15 is 0 Å². The summed E-state index contributed by atoms with van der Waals surface area (Å²) in [6, 6.07) is -8.58. The maximum absolute atomic E-state index is 14.6. The highest BCUT2D eigenvalue weighted by molar-refractivity contribution is 8.00. The molecule has 0 spiro atoms. The summed E-state index contributed by atoms with van der Waals surface area (Å²) in [4.78, 5) is 154. The molecule has 0 aliphatic carbocycles. The molecule has 0 radical (unpaired) electrons. The monoisotopic (exact) mass is 1250 g/mol. The highest BCUT2D eigenvalue weighted by atomic mass is 32.2. The number of amides is 11. The molecule has 3 saturated heterocycles. The number of hydrogen-bond acceptors (Lipinski definition) is 17. The standard InChI is InChI=1S/C54H96N18O14S/c1-31(2)28-37(49(81)69-38(29-43(75)76)46(78)61-22-25-86-27-26-85-24-21-60-42(74)17-6-5-16-41-44-39(30-87-41)70-54(84)71-44)68-48(80)34(12-7-8-18-55)66-50(82)40-15-11-23-72(40)51(83)36(14-10-20-63-53(58)59)67-47(79)35(13-9-19-62-52(56)57)65-45(77)32(3)64-33(4)73/h31-32,34-41,44H,5-30,55H2,1-4H3,(H,60,74)(H,61,78)(H,64,73)(H,65,77)(H,66,82)(H,67,79)(H,68,80)(H,69,81)(H,75,76)(H4,56,57,62)(H4,58,59,63)(H2,70,71,84)/t32-,34-,35-,36-,37-,38-,39+,40-,41+,44+/m0/s1. The van der Waals surface area contributed by atoms with Crippen molar-refractivity contribution < 1.29 is 67.3 Å². The number of aliphatic imine (C=N–C) groups is 2. The highest BCUT2D eigenvalue weighted by Crippen LogP contribution is 2.33. The molecule has 3 aliphatic heterocycles. The van der Waals surface area contributed by atoms with E-state index in [1.807, 2.05) is 11.8 Å². The molecule has 87 heavy (non-hydrogen) atoms. The number of unbranched alkanes of at least 4 members (excludes halogenated alkanes) is 2. The fourth-order valence-corrected chi connectivity index (χ4v) is 11.5. The van der Waals surface area contributed by atoms with Crippen LogP contribution in [0.1, 0.15) is 124 Å². The summed E-state index contributed by atoms with van der Waals surface area (Å²) in [5.41, 5.74) is 27.8. The molecule has 3 fully saturated rings. The smallest absolute Gasteiger partial charge is 0.315 e. The second-order valence-electron chi connectivity index (χ2n) is 22.1. The Bertz CT molecular complexity index is 2350. The van der Waals surface area contributed by atoms with E-state index in [0.717, 1.165) is 25.0 Å². The minimum Gasteiger partial charge on any atom is -0.481 e. The van der Waals surface area contributed by atoms with Gasteiger partial charge >= 0.3 is 12.0 Å². The van der Waals surface area contributed by atoms with Crippen LogP contribution in [0, 0.1) is 5.92 Å². The van der Waals surface area contributed by atoms with E-state index in [4.69, 9.17) is 38.1 Å². The Morgan fingerprint density at radius 3 is 1.86 bits per heavy atom. The Kier molecular flexibility index (Phi) is 34.2. The van der Waals surface area contributed by atoms with E-state index in [9.17, 15) is 57.8 Å². The number of guanidine groups is 2. The first-order valence-electron chi connectivity index (χ1n) is 29.9. The molecule has 0 saturated carbocycles. The molecule has 21 N–H and O–H groups in total. The number of carboxylic acid groups (broad SMARTS) is 1. The van der Waals surface area contributed by atoms with Crippen LogP contribution in [0.25, 0.3) is 0 Å². The normalized spacial score (nSPS) is 18.8. The first-order chi connectivity index (χ1) is 41.4. The van der Waals surface area contributed by atoms with Crippen molar-refractivity contribution in [1.29, 1.82) is 0 Å². The van der Waals surface area contributed by atoms with Gasteiger partial charge in [0.1, 0.15) is 42.3 Å². The van der Waals surface area contributed by atoms with Gasteiger partial charge in [-0.2, -0.15) is 11.8 Å². The van der Waals surface area contributed by atoms with Crippen LogP contribution in [0.4, 0.5) is 4.79 Å². The van der Waals surface area contributed by atoms with E-state index in [0.29, 0.717) is 37.5 Å². The molecule has 11 amide bonds. The van der Waals surface area contributed by atoms with Crippen LogP contribution in [0.15, 0.2) is 9.98 Å². The van der Waals surface area contributed by atoms with Crippen LogP contribution in [0.5, 0.6) is 0 Å². The summed E-state index contributed by atoms with van der Waals surface area (Å²) >= 11 is 1.84. The number of ether oxygens (including phenoxy) is 2. The molecular weight excluding hydrogens is 1160 g/mol. The van der Waals surface area contributed by atoms with Crippen LogP contribution >= 0.6 is 11.8 Å². The predicted octanol–water partition coefficient (Wildman–Crippen LogP) is -4.33. The zero-order valence-electron chi connectivity index (χ0n) is 50.6. The SMILES string of the molecule is CC(=O)N[C@@H](C)C(=O)N[C@@H](CCCN=C(N)N)C(=O)N[C@@H](CCCN=C(N)N)C(=O)N1CCC[C@H]1C(=O)N[C@@H](CCCCN)C(=O)N[C@@H](CC(C)C)C(=O)N[C@@H](CC(=O)O)C(=O)NCCOCCOCCNC(=O)CCCC[C@H]1SC[C@H]2NC(=O)N[C@H]21. The topological polar surface area (TPSA) is 505 Å². The van der Waals surface area contributed by atoms with Crippen LogP contribution in [0.2, 0.25) is 0 Å². The molecule has 3 heterocycles. The quantitative estimate of drug-likeness (QED) is 0.0119. The Labute approximate surface area is 512 Å². The Hall–Kier alpha value is -7.26. The summed E-state index contributed by atoms with van der Waals surface area (Å²) in [7, 11) is 0. The number of likely N-dealkylation sites (tertiary alicyclic amines) is 1. The van der Waals surface area contributed by atoms with Crippen molar-refractivity contribution in [2.24, 2.45) is 44.6 Å². The van der Waals surface area contributed by atoms with E-state index in [1.165, 1.54) is 18.7 Å². The number of nitrogens with two attached hydrogens (primary N) is 5. The van der Waals surface area contributed by atoms with Crippen molar-refractivity contribution >= 4 is 88.8 Å². The van der Waals surface area contributed by atoms with Crippen LogP contribution in [0.3, 0.4) is 0 Å². The molecule has 0 aromatic rings. The lowest BCUT2D eigenvalue weighted by atomic mass is 10.0. The summed E-state index contributed by atoms with van der Waals surface area (Å²) in [6.07, 6.45) is 4.01. The molecule has 33 heteroatoms. The Morgan fingerprint density at radius 1 is 0.678 bits per heavy atom. The molecule has 492 valence electrons. The van der Waals surface area contributed by atoms with Gasteiger partial charge in [-0.1, -0.05) is 20.3 Å². The number of fused-ring (bicyclic) bond motifs is 1. The third-order valence-corrected chi connectivity index (χ3v) is 15.8. The van der Waals surface area contributed by atoms with Crippen LogP contribution in [-0.2, 0) is 57.4 Å². The molecular formula is C54H96N18O14S. The predicted molar refractivity (Wildman–Crippen MR) is 324 cm³/mol. The minimum absolute atomic E-state index is 0.00988. The van der Waals surface area contributed by atoms with Gasteiger partial charge in [0.15, 0.2) is 11.9 Å². The molecule has 0 unspecified atom stereocenters. The van der Waals surface area contributed by atoms with E-state index in [2.05, 4.69) is 63.2 Å². The number of hydrogen-bond donors (Lipinski definition) is 16. The average molecular weight is 1250 g/mol. The molecule has 0 aromatic heterocycles. The number of carbonyl (C=O) groups is 11. The fraction of sp³-hybridized carbons (Fsp3) is 0.759. The van der Waals surface area contributed by atoms with E-state index < -0.39 is 102 Å². The number of urea groups is 1. The molecule has 10 atom stereocenters. The van der Waals surface area contributed by atoms with Gasteiger partial charge in [0.25, 0.3) is 0 Å². The van der Waals surface area contributed by atoms with Gasteiger partial charge in [0.05, 0.1) is 44.9 Å². The number of nitrogens with one attached hydrogen (secondary N) is 10.